The topological polar surface area (TPSA) is 81.2 Å². The Kier molecular flexibility index (Phi) is 3.30. The first-order valence-electron chi connectivity index (χ1n) is 4.89. The maximum Gasteiger partial charge on any atom is 0.251 e. The number of nitrogens with two attached hydrogens (primary N) is 1. The van der Waals surface area contributed by atoms with E-state index in [0.717, 1.165) is 0 Å². The molecule has 1 heterocycles. The second kappa shape index (κ2) is 4.88. The summed E-state index contributed by atoms with van der Waals surface area (Å²) in [7, 11) is 0. The van der Waals surface area contributed by atoms with Gasteiger partial charge < -0.3 is 15.6 Å². The molecular formula is C11H10ClN3O2. The summed E-state index contributed by atoms with van der Waals surface area (Å²) in [5.74, 6) is 0.336. The van der Waals surface area contributed by atoms with Crippen molar-refractivity contribution < 1.29 is 9.32 Å². The summed E-state index contributed by atoms with van der Waals surface area (Å²) in [6, 6.07) is 6.39. The molecule has 5 nitrogen and oxygen atoms in total. The lowest BCUT2D eigenvalue weighted by atomic mass is 10.2. The number of anilines is 1. The van der Waals surface area contributed by atoms with E-state index in [9.17, 15) is 4.79 Å². The van der Waals surface area contributed by atoms with Crippen LogP contribution in [0.4, 0.5) is 5.69 Å². The van der Waals surface area contributed by atoms with Crippen LogP contribution in [0.5, 0.6) is 0 Å². The molecule has 0 saturated carbocycles. The second-order valence-corrected chi connectivity index (χ2v) is 3.80. The molecule has 1 aromatic heterocycles. The Balaban J connectivity index is 2.02. The molecule has 0 atom stereocenters. The van der Waals surface area contributed by atoms with Crippen LogP contribution in [-0.2, 0) is 6.54 Å². The average Bonchev–Trinajstić information content (AvgIpc) is 2.82. The summed E-state index contributed by atoms with van der Waals surface area (Å²) in [5.41, 5.74) is 6.44. The van der Waals surface area contributed by atoms with Crippen molar-refractivity contribution in [2.45, 2.75) is 6.54 Å². The SMILES string of the molecule is Nc1ccc(C(=O)NCc2ccno2)cc1Cl. The molecule has 6 heteroatoms. The molecule has 0 aliphatic carbocycles. The number of aromatic nitrogens is 1. The first-order valence-corrected chi connectivity index (χ1v) is 5.27. The van der Waals surface area contributed by atoms with Gasteiger partial charge in [-0.2, -0.15) is 0 Å². The molecule has 0 unspecified atom stereocenters. The molecule has 0 spiro atoms. The van der Waals surface area contributed by atoms with E-state index in [4.69, 9.17) is 21.9 Å². The van der Waals surface area contributed by atoms with Gasteiger partial charge in [0.2, 0.25) is 0 Å². The van der Waals surface area contributed by atoms with Crippen LogP contribution >= 0.6 is 11.6 Å². The maximum absolute atomic E-state index is 11.7. The molecule has 2 rings (SSSR count). The van der Waals surface area contributed by atoms with Crippen LogP contribution in [-0.4, -0.2) is 11.1 Å². The third-order valence-electron chi connectivity index (χ3n) is 2.18. The molecule has 1 aromatic carbocycles. The number of hydrogen-bond acceptors (Lipinski definition) is 4. The van der Waals surface area contributed by atoms with Gasteiger partial charge in [0.15, 0.2) is 5.76 Å². The number of carbonyl (C=O) groups excluding carboxylic acids is 1. The van der Waals surface area contributed by atoms with E-state index in [1.54, 1.807) is 18.2 Å². The molecule has 1 amide bonds. The summed E-state index contributed by atoms with van der Waals surface area (Å²) in [4.78, 5) is 11.7. The highest BCUT2D eigenvalue weighted by molar-refractivity contribution is 6.33. The van der Waals surface area contributed by atoms with Crippen LogP contribution in [0.1, 0.15) is 16.1 Å². The number of rotatable bonds is 3. The fourth-order valence-electron chi connectivity index (χ4n) is 1.27. The third-order valence-corrected chi connectivity index (χ3v) is 2.50. The van der Waals surface area contributed by atoms with E-state index in [1.807, 2.05) is 0 Å². The van der Waals surface area contributed by atoms with E-state index in [1.165, 1.54) is 12.3 Å². The molecule has 0 bridgehead atoms. The zero-order valence-corrected chi connectivity index (χ0v) is 9.57. The first-order chi connectivity index (χ1) is 8.16. The van der Waals surface area contributed by atoms with E-state index in [2.05, 4.69) is 10.5 Å². The van der Waals surface area contributed by atoms with E-state index < -0.39 is 0 Å². The zero-order chi connectivity index (χ0) is 12.3. The Bertz CT molecular complexity index is 526. The van der Waals surface area contributed by atoms with Crippen LogP contribution < -0.4 is 11.1 Å². The third kappa shape index (κ3) is 2.76. The van der Waals surface area contributed by atoms with Crippen molar-refractivity contribution in [3.05, 3.63) is 46.8 Å². The van der Waals surface area contributed by atoms with Crippen molar-refractivity contribution >= 4 is 23.2 Å². The summed E-state index contributed by atoms with van der Waals surface area (Å²) in [6.45, 7) is 0.279. The molecule has 17 heavy (non-hydrogen) atoms. The minimum atomic E-state index is -0.247. The number of carbonyl (C=O) groups is 1. The number of nitrogens with zero attached hydrogens (tertiary/aromatic N) is 1. The van der Waals surface area contributed by atoms with Crippen molar-refractivity contribution in [1.82, 2.24) is 10.5 Å². The van der Waals surface area contributed by atoms with E-state index in [-0.39, 0.29) is 12.5 Å². The standard InChI is InChI=1S/C11H10ClN3O2/c12-9-5-7(1-2-10(9)13)11(16)14-6-8-3-4-15-17-8/h1-5H,6,13H2,(H,14,16). The average molecular weight is 252 g/mol. The molecule has 2 aromatic rings. The number of hydrogen-bond donors (Lipinski definition) is 2. The van der Waals surface area contributed by atoms with Gasteiger partial charge in [-0.3, -0.25) is 4.79 Å². The van der Waals surface area contributed by atoms with Gasteiger partial charge in [0, 0.05) is 11.6 Å². The Morgan fingerprint density at radius 1 is 1.47 bits per heavy atom. The second-order valence-electron chi connectivity index (χ2n) is 3.40. The summed E-state index contributed by atoms with van der Waals surface area (Å²) >= 11 is 5.82. The van der Waals surface area contributed by atoms with Crippen LogP contribution in [0.25, 0.3) is 0 Å². The van der Waals surface area contributed by atoms with Crippen molar-refractivity contribution in [3.63, 3.8) is 0 Å². The fraction of sp³-hybridized carbons (Fsp3) is 0.0909. The van der Waals surface area contributed by atoms with Gasteiger partial charge in [-0.25, -0.2) is 0 Å². The Morgan fingerprint density at radius 2 is 2.29 bits per heavy atom. The summed E-state index contributed by atoms with van der Waals surface area (Å²) in [6.07, 6.45) is 1.52. The van der Waals surface area contributed by atoms with Gasteiger partial charge in [0.1, 0.15) is 0 Å². The minimum Gasteiger partial charge on any atom is -0.398 e. The number of nitrogen functional groups attached to an aromatic ring is 1. The fourth-order valence-corrected chi connectivity index (χ4v) is 1.45. The van der Waals surface area contributed by atoms with Crippen molar-refractivity contribution in [3.8, 4) is 0 Å². The normalized spacial score (nSPS) is 10.2. The predicted octanol–water partition coefficient (Wildman–Crippen LogP) is 1.84. The first kappa shape index (κ1) is 11.5. The van der Waals surface area contributed by atoms with Gasteiger partial charge in [0.25, 0.3) is 5.91 Å². The van der Waals surface area contributed by atoms with Crippen LogP contribution in [0.2, 0.25) is 5.02 Å². The number of benzene rings is 1. The predicted molar refractivity (Wildman–Crippen MR) is 63.5 cm³/mol. The lowest BCUT2D eigenvalue weighted by Crippen LogP contribution is -2.22. The van der Waals surface area contributed by atoms with Crippen LogP contribution in [0, 0.1) is 0 Å². The molecule has 0 aliphatic heterocycles. The number of halogens is 1. The largest absolute Gasteiger partial charge is 0.398 e. The molecule has 3 N–H and O–H groups in total. The van der Waals surface area contributed by atoms with Crippen molar-refractivity contribution in [2.75, 3.05) is 5.73 Å². The van der Waals surface area contributed by atoms with Gasteiger partial charge in [-0.1, -0.05) is 16.8 Å². The highest BCUT2D eigenvalue weighted by atomic mass is 35.5. The minimum absolute atomic E-state index is 0.247. The van der Waals surface area contributed by atoms with E-state index >= 15 is 0 Å². The quantitative estimate of drug-likeness (QED) is 0.816. The lowest BCUT2D eigenvalue weighted by molar-refractivity contribution is 0.0947. The van der Waals surface area contributed by atoms with Gasteiger partial charge in [-0.15, -0.1) is 0 Å². The van der Waals surface area contributed by atoms with Crippen molar-refractivity contribution in [1.29, 1.82) is 0 Å². The zero-order valence-electron chi connectivity index (χ0n) is 8.81. The molecule has 88 valence electrons. The summed E-state index contributed by atoms with van der Waals surface area (Å²) < 4.78 is 4.85. The Morgan fingerprint density at radius 3 is 2.94 bits per heavy atom. The number of nitrogens with one attached hydrogen (secondary N) is 1. The highest BCUT2D eigenvalue weighted by Gasteiger charge is 2.08. The van der Waals surface area contributed by atoms with E-state index in [0.29, 0.717) is 22.0 Å². The highest BCUT2D eigenvalue weighted by Crippen LogP contribution is 2.19. The lowest BCUT2D eigenvalue weighted by Gasteiger charge is -2.04. The van der Waals surface area contributed by atoms with Gasteiger partial charge in [0.05, 0.1) is 23.5 Å². The smallest absolute Gasteiger partial charge is 0.251 e. The maximum atomic E-state index is 11.7. The molecular weight excluding hydrogens is 242 g/mol. The Hall–Kier alpha value is -2.01. The summed E-state index contributed by atoms with van der Waals surface area (Å²) in [5, 5.41) is 6.57. The van der Waals surface area contributed by atoms with Crippen molar-refractivity contribution in [2.24, 2.45) is 0 Å². The Labute approximate surface area is 103 Å². The van der Waals surface area contributed by atoms with Gasteiger partial charge in [-0.05, 0) is 18.2 Å². The molecule has 0 fully saturated rings. The van der Waals surface area contributed by atoms with Crippen LogP contribution in [0.15, 0.2) is 35.0 Å². The van der Waals surface area contributed by atoms with Crippen LogP contribution in [0.3, 0.4) is 0 Å². The van der Waals surface area contributed by atoms with Gasteiger partial charge >= 0.3 is 0 Å². The molecule has 0 saturated heterocycles. The molecule has 0 radical (unpaired) electrons. The number of amides is 1. The molecule has 0 aliphatic rings. The monoisotopic (exact) mass is 251 g/mol.